The molecule has 2 saturated heterocycles. The molecule has 5 nitrogen and oxygen atoms in total. The van der Waals surface area contributed by atoms with Crippen molar-refractivity contribution in [1.29, 1.82) is 0 Å². The van der Waals surface area contributed by atoms with Gasteiger partial charge >= 0.3 is 12.4 Å². The number of nitrogens with zero attached hydrogens (tertiary/aromatic N) is 4. The third-order valence-corrected chi connectivity index (χ3v) is 5.98. The van der Waals surface area contributed by atoms with Gasteiger partial charge in [-0.05, 0) is 50.6 Å². The Labute approximate surface area is 181 Å². The summed E-state index contributed by atoms with van der Waals surface area (Å²) in [6.07, 6.45) is -6.03. The monoisotopic (exact) mass is 459 g/mol. The molecule has 2 fully saturated rings. The van der Waals surface area contributed by atoms with Crippen molar-refractivity contribution in [3.8, 4) is 0 Å². The van der Waals surface area contributed by atoms with Crippen LogP contribution < -0.4 is 10.2 Å². The molecule has 1 N–H and O–H groups in total. The van der Waals surface area contributed by atoms with Gasteiger partial charge in [-0.1, -0.05) is 0 Å². The van der Waals surface area contributed by atoms with E-state index in [9.17, 15) is 26.3 Å². The standard InChI is InChI=1S/C21H23F6N5/c22-20(23,24)14-3-7-29-16(9-14)10-17-11-18(13-1-5-28-6-2-13)31-19(30-17)32-8-4-15(12-32)21(25,26)27/h3,7,9,11,13,15,28H,1-2,4-6,8,10,12H2. The fourth-order valence-electron chi connectivity index (χ4n) is 4.21. The van der Waals surface area contributed by atoms with Gasteiger partial charge in [0.25, 0.3) is 0 Å². The van der Waals surface area contributed by atoms with Crippen molar-refractivity contribution in [1.82, 2.24) is 20.3 Å². The van der Waals surface area contributed by atoms with Crippen molar-refractivity contribution >= 4 is 5.95 Å². The minimum absolute atomic E-state index is 0.0328. The van der Waals surface area contributed by atoms with Gasteiger partial charge in [0.05, 0.1) is 17.2 Å². The number of nitrogens with one attached hydrogen (secondary N) is 1. The highest BCUT2D eigenvalue weighted by Crippen LogP contribution is 2.35. The van der Waals surface area contributed by atoms with E-state index in [4.69, 9.17) is 0 Å². The van der Waals surface area contributed by atoms with E-state index in [-0.39, 0.29) is 43.5 Å². The Bertz CT molecular complexity index is 939. The summed E-state index contributed by atoms with van der Waals surface area (Å²) in [7, 11) is 0. The maximum absolute atomic E-state index is 13.1. The van der Waals surface area contributed by atoms with Gasteiger partial charge in [0.15, 0.2) is 0 Å². The topological polar surface area (TPSA) is 53.9 Å². The van der Waals surface area contributed by atoms with Gasteiger partial charge in [-0.25, -0.2) is 9.97 Å². The third kappa shape index (κ3) is 5.31. The third-order valence-electron chi connectivity index (χ3n) is 5.98. The predicted octanol–water partition coefficient (Wildman–Crippen LogP) is 4.34. The molecular weight excluding hydrogens is 436 g/mol. The molecule has 174 valence electrons. The van der Waals surface area contributed by atoms with Crippen LogP contribution in [0.4, 0.5) is 32.3 Å². The molecule has 11 heteroatoms. The second kappa shape index (κ2) is 8.84. The zero-order valence-corrected chi connectivity index (χ0v) is 17.2. The van der Waals surface area contributed by atoms with Crippen LogP contribution in [0.1, 0.15) is 47.8 Å². The lowest BCUT2D eigenvalue weighted by molar-refractivity contribution is -0.168. The fraction of sp³-hybridized carbons (Fsp3) is 0.571. The van der Waals surface area contributed by atoms with Crippen LogP contribution in [0.15, 0.2) is 24.4 Å². The molecule has 1 atom stereocenters. The Hall–Kier alpha value is -2.43. The first-order chi connectivity index (χ1) is 15.1. The summed E-state index contributed by atoms with van der Waals surface area (Å²) in [5.41, 5.74) is 0.554. The summed E-state index contributed by atoms with van der Waals surface area (Å²) < 4.78 is 78.6. The number of rotatable bonds is 4. The van der Waals surface area contributed by atoms with Crippen LogP contribution in [0.2, 0.25) is 0 Å². The maximum Gasteiger partial charge on any atom is 0.416 e. The molecule has 2 aromatic heterocycles. The first-order valence-corrected chi connectivity index (χ1v) is 10.5. The van der Waals surface area contributed by atoms with E-state index in [1.807, 2.05) is 0 Å². The molecular formula is C21H23F6N5. The zero-order chi connectivity index (χ0) is 22.9. The number of anilines is 1. The van der Waals surface area contributed by atoms with Gasteiger partial charge in [-0.2, -0.15) is 26.3 Å². The highest BCUT2D eigenvalue weighted by atomic mass is 19.4. The smallest absolute Gasteiger partial charge is 0.340 e. The normalized spacial score (nSPS) is 20.7. The molecule has 4 rings (SSSR count). The molecule has 0 aliphatic carbocycles. The Kier molecular flexibility index (Phi) is 6.28. The second-order valence-electron chi connectivity index (χ2n) is 8.29. The molecule has 0 saturated carbocycles. The van der Waals surface area contributed by atoms with E-state index >= 15 is 0 Å². The number of aromatic nitrogens is 3. The molecule has 32 heavy (non-hydrogen) atoms. The molecule has 2 aliphatic heterocycles. The van der Waals surface area contributed by atoms with E-state index in [1.54, 1.807) is 6.07 Å². The maximum atomic E-state index is 13.1. The van der Waals surface area contributed by atoms with E-state index in [2.05, 4.69) is 20.3 Å². The first kappa shape index (κ1) is 22.8. The molecule has 4 heterocycles. The van der Waals surface area contributed by atoms with Gasteiger partial charge in [0.1, 0.15) is 0 Å². The van der Waals surface area contributed by atoms with Gasteiger partial charge in [0, 0.05) is 43.0 Å². The van der Waals surface area contributed by atoms with Crippen LogP contribution in [0.25, 0.3) is 0 Å². The molecule has 2 aliphatic rings. The molecule has 0 spiro atoms. The van der Waals surface area contributed by atoms with Gasteiger partial charge in [-0.15, -0.1) is 0 Å². The first-order valence-electron chi connectivity index (χ1n) is 10.5. The number of halogens is 6. The molecule has 0 radical (unpaired) electrons. The Morgan fingerprint density at radius 3 is 2.38 bits per heavy atom. The average molecular weight is 459 g/mol. The van der Waals surface area contributed by atoms with E-state index < -0.39 is 23.8 Å². The second-order valence-corrected chi connectivity index (χ2v) is 8.29. The van der Waals surface area contributed by atoms with E-state index in [0.29, 0.717) is 11.4 Å². The number of hydrogen-bond acceptors (Lipinski definition) is 5. The average Bonchev–Trinajstić information content (AvgIpc) is 3.25. The Balaban J connectivity index is 1.64. The summed E-state index contributed by atoms with van der Waals surface area (Å²) in [5, 5.41) is 3.26. The highest BCUT2D eigenvalue weighted by molar-refractivity contribution is 5.36. The molecule has 0 amide bonds. The number of hydrogen-bond donors (Lipinski definition) is 1. The summed E-state index contributed by atoms with van der Waals surface area (Å²) in [5.74, 6) is -1.12. The van der Waals surface area contributed by atoms with Gasteiger partial charge < -0.3 is 10.2 Å². The van der Waals surface area contributed by atoms with E-state index in [0.717, 1.165) is 44.3 Å². The highest BCUT2D eigenvalue weighted by Gasteiger charge is 2.44. The largest absolute Gasteiger partial charge is 0.416 e. The quantitative estimate of drug-likeness (QED) is 0.690. The summed E-state index contributed by atoms with van der Waals surface area (Å²) in [4.78, 5) is 14.5. The summed E-state index contributed by atoms with van der Waals surface area (Å²) >= 11 is 0. The van der Waals surface area contributed by atoms with E-state index in [1.165, 1.54) is 4.90 Å². The SMILES string of the molecule is FC(F)(F)c1ccnc(Cc2cc(C3CCNCC3)nc(N3CCC(C(F)(F)F)C3)n2)c1. The lowest BCUT2D eigenvalue weighted by atomic mass is 9.93. The fourth-order valence-corrected chi connectivity index (χ4v) is 4.21. The van der Waals surface area contributed by atoms with Crippen molar-refractivity contribution in [3.05, 3.63) is 47.0 Å². The van der Waals surface area contributed by atoms with Crippen LogP contribution in [-0.4, -0.2) is 47.3 Å². The zero-order valence-electron chi connectivity index (χ0n) is 17.2. The van der Waals surface area contributed by atoms with Crippen LogP contribution >= 0.6 is 0 Å². The van der Waals surface area contributed by atoms with Crippen LogP contribution in [-0.2, 0) is 12.6 Å². The minimum atomic E-state index is -4.49. The van der Waals surface area contributed by atoms with Crippen LogP contribution in [0.3, 0.4) is 0 Å². The molecule has 0 aromatic carbocycles. The van der Waals surface area contributed by atoms with Crippen molar-refractivity contribution in [3.63, 3.8) is 0 Å². The summed E-state index contributed by atoms with van der Waals surface area (Å²) in [6, 6.07) is 3.62. The van der Waals surface area contributed by atoms with Crippen molar-refractivity contribution in [2.45, 2.75) is 44.0 Å². The number of piperidine rings is 1. The Morgan fingerprint density at radius 1 is 0.969 bits per heavy atom. The lowest BCUT2D eigenvalue weighted by Crippen LogP contribution is -2.30. The number of pyridine rings is 1. The van der Waals surface area contributed by atoms with Crippen LogP contribution in [0.5, 0.6) is 0 Å². The summed E-state index contributed by atoms with van der Waals surface area (Å²) in [6.45, 7) is 1.56. The minimum Gasteiger partial charge on any atom is -0.340 e. The van der Waals surface area contributed by atoms with Crippen LogP contribution in [0, 0.1) is 5.92 Å². The molecule has 1 unspecified atom stereocenters. The van der Waals surface area contributed by atoms with Crippen molar-refractivity contribution in [2.24, 2.45) is 5.92 Å². The Morgan fingerprint density at radius 2 is 1.72 bits per heavy atom. The molecule has 2 aromatic rings. The van der Waals surface area contributed by atoms with Crippen molar-refractivity contribution in [2.75, 3.05) is 31.1 Å². The molecule has 0 bridgehead atoms. The lowest BCUT2D eigenvalue weighted by Gasteiger charge is -2.25. The van der Waals surface area contributed by atoms with Crippen molar-refractivity contribution < 1.29 is 26.3 Å². The van der Waals surface area contributed by atoms with Gasteiger partial charge in [0.2, 0.25) is 5.95 Å². The van der Waals surface area contributed by atoms with Gasteiger partial charge in [-0.3, -0.25) is 4.98 Å². The number of alkyl halides is 6. The predicted molar refractivity (Wildman–Crippen MR) is 105 cm³/mol.